The highest BCUT2D eigenvalue weighted by atomic mass is 32.1. The molecule has 0 radical (unpaired) electrons. The van der Waals surface area contributed by atoms with Gasteiger partial charge in [0.05, 0.1) is 5.56 Å². The van der Waals surface area contributed by atoms with Gasteiger partial charge >= 0.3 is 12.0 Å². The van der Waals surface area contributed by atoms with Crippen molar-refractivity contribution in [1.29, 1.82) is 0 Å². The standard InChI is InChI=1S/C28H31F2N3O3S2/c1-28(2,3)36-26(34)22-16-7-4-5-10-20(16)38-25(22)33-27(35)32-13-18-15-11-12-31-14-21(15)37-24(18)17-8-6-9-19(29)23(17)30/h6,8-9,31H,4-5,7,10-14H2,1-3H3,(H2,32,33,35). The van der Waals surface area contributed by atoms with E-state index in [0.717, 1.165) is 71.2 Å². The van der Waals surface area contributed by atoms with Gasteiger partial charge in [0, 0.05) is 33.3 Å². The van der Waals surface area contributed by atoms with Crippen molar-refractivity contribution in [1.82, 2.24) is 10.6 Å². The molecular formula is C28H31F2N3O3S2. The lowest BCUT2D eigenvalue weighted by atomic mass is 9.95. The number of esters is 1. The first kappa shape index (κ1) is 26.8. The van der Waals surface area contributed by atoms with Gasteiger partial charge in [0.15, 0.2) is 11.6 Å². The molecule has 0 spiro atoms. The summed E-state index contributed by atoms with van der Waals surface area (Å²) in [4.78, 5) is 29.0. The first-order valence-electron chi connectivity index (χ1n) is 12.8. The highest BCUT2D eigenvalue weighted by Gasteiger charge is 2.30. The maximum Gasteiger partial charge on any atom is 0.341 e. The lowest BCUT2D eigenvalue weighted by molar-refractivity contribution is 0.00699. The number of carbonyl (C=O) groups is 2. The fourth-order valence-electron chi connectivity index (χ4n) is 5.00. The summed E-state index contributed by atoms with van der Waals surface area (Å²) in [6.45, 7) is 7.03. The minimum Gasteiger partial charge on any atom is -0.456 e. The van der Waals surface area contributed by atoms with E-state index in [-0.39, 0.29) is 12.1 Å². The van der Waals surface area contributed by atoms with Gasteiger partial charge in [-0.3, -0.25) is 5.32 Å². The Labute approximate surface area is 228 Å². The third-order valence-electron chi connectivity index (χ3n) is 6.66. The van der Waals surface area contributed by atoms with Gasteiger partial charge in [0.1, 0.15) is 10.6 Å². The van der Waals surface area contributed by atoms with Gasteiger partial charge in [-0.2, -0.15) is 0 Å². The summed E-state index contributed by atoms with van der Waals surface area (Å²) in [5.74, 6) is -2.23. The number of nitrogens with one attached hydrogen (secondary N) is 3. The van der Waals surface area contributed by atoms with E-state index in [4.69, 9.17) is 4.74 Å². The maximum atomic E-state index is 14.7. The van der Waals surface area contributed by atoms with Gasteiger partial charge < -0.3 is 15.4 Å². The molecule has 1 aromatic carbocycles. The second kappa shape index (κ2) is 10.7. The van der Waals surface area contributed by atoms with Crippen molar-refractivity contribution in [3.05, 3.63) is 61.8 Å². The topological polar surface area (TPSA) is 79.5 Å². The Kier molecular flexibility index (Phi) is 7.57. The van der Waals surface area contributed by atoms with Gasteiger partial charge in [0.25, 0.3) is 0 Å². The van der Waals surface area contributed by atoms with Crippen molar-refractivity contribution in [3.8, 4) is 10.4 Å². The molecule has 2 aromatic heterocycles. The summed E-state index contributed by atoms with van der Waals surface area (Å²) in [7, 11) is 0. The number of thiophene rings is 2. The van der Waals surface area contributed by atoms with Crippen LogP contribution in [-0.2, 0) is 37.1 Å². The predicted molar refractivity (Wildman–Crippen MR) is 147 cm³/mol. The predicted octanol–water partition coefficient (Wildman–Crippen LogP) is 6.56. The van der Waals surface area contributed by atoms with E-state index in [1.165, 1.54) is 28.7 Å². The molecule has 5 rings (SSSR count). The molecule has 0 saturated heterocycles. The number of halogens is 2. The molecule has 0 unspecified atom stereocenters. The first-order valence-corrected chi connectivity index (χ1v) is 14.5. The van der Waals surface area contributed by atoms with Crippen LogP contribution in [0.15, 0.2) is 18.2 Å². The Balaban J connectivity index is 1.40. The van der Waals surface area contributed by atoms with E-state index in [0.29, 0.717) is 22.0 Å². The molecule has 10 heteroatoms. The van der Waals surface area contributed by atoms with Crippen LogP contribution in [0.3, 0.4) is 0 Å². The molecule has 0 atom stereocenters. The van der Waals surface area contributed by atoms with E-state index < -0.39 is 29.2 Å². The summed E-state index contributed by atoms with van der Waals surface area (Å²) in [5.41, 5.74) is 2.80. The minimum atomic E-state index is -0.903. The minimum absolute atomic E-state index is 0.149. The number of amides is 2. The Morgan fingerprint density at radius 2 is 1.84 bits per heavy atom. The number of carbonyl (C=O) groups excluding carboxylic acids is 2. The average Bonchev–Trinajstić information content (AvgIpc) is 3.41. The van der Waals surface area contributed by atoms with Crippen LogP contribution in [0.1, 0.15) is 70.4 Å². The smallest absolute Gasteiger partial charge is 0.341 e. The number of benzene rings is 1. The van der Waals surface area contributed by atoms with Crippen molar-refractivity contribution in [3.63, 3.8) is 0 Å². The van der Waals surface area contributed by atoms with Crippen LogP contribution >= 0.6 is 22.7 Å². The number of aryl methyl sites for hydroxylation is 1. The molecule has 1 aliphatic heterocycles. The molecule has 0 fully saturated rings. The SMILES string of the molecule is CC(C)(C)OC(=O)c1c(NC(=O)NCc2c(-c3cccc(F)c3F)sc3c2CCNC3)sc2c1CCCC2. The van der Waals surface area contributed by atoms with E-state index >= 15 is 0 Å². The van der Waals surface area contributed by atoms with Crippen LogP contribution in [0.2, 0.25) is 0 Å². The third kappa shape index (κ3) is 5.48. The number of hydrogen-bond donors (Lipinski definition) is 3. The van der Waals surface area contributed by atoms with E-state index in [9.17, 15) is 18.4 Å². The molecule has 3 aromatic rings. The molecular weight excluding hydrogens is 528 g/mol. The number of ether oxygens (including phenoxy) is 1. The van der Waals surface area contributed by atoms with Crippen molar-refractivity contribution in [2.75, 3.05) is 11.9 Å². The molecule has 0 bridgehead atoms. The van der Waals surface area contributed by atoms with E-state index in [1.807, 2.05) is 20.8 Å². The first-order chi connectivity index (χ1) is 18.1. The molecule has 2 aliphatic rings. The number of hydrogen-bond acceptors (Lipinski definition) is 6. The molecule has 3 N–H and O–H groups in total. The lowest BCUT2D eigenvalue weighted by Gasteiger charge is -2.21. The Morgan fingerprint density at radius 1 is 1.05 bits per heavy atom. The van der Waals surface area contributed by atoms with Crippen LogP contribution in [-0.4, -0.2) is 24.1 Å². The molecule has 202 valence electrons. The number of rotatable bonds is 5. The highest BCUT2D eigenvalue weighted by molar-refractivity contribution is 7.17. The van der Waals surface area contributed by atoms with Crippen LogP contribution in [0.25, 0.3) is 10.4 Å². The summed E-state index contributed by atoms with van der Waals surface area (Å²) in [5, 5.41) is 9.58. The zero-order valence-corrected chi connectivity index (χ0v) is 23.3. The third-order valence-corrected chi connectivity index (χ3v) is 9.18. The van der Waals surface area contributed by atoms with E-state index in [1.54, 1.807) is 6.07 Å². The zero-order valence-electron chi connectivity index (χ0n) is 21.7. The molecule has 0 saturated carbocycles. The maximum absolute atomic E-state index is 14.7. The highest BCUT2D eigenvalue weighted by Crippen LogP contribution is 2.41. The number of anilines is 1. The second-order valence-electron chi connectivity index (χ2n) is 10.6. The van der Waals surface area contributed by atoms with Crippen LogP contribution < -0.4 is 16.0 Å². The van der Waals surface area contributed by atoms with Gasteiger partial charge in [-0.15, -0.1) is 22.7 Å². The molecule has 38 heavy (non-hydrogen) atoms. The fourth-order valence-corrected chi connectivity index (χ4v) is 7.63. The average molecular weight is 560 g/mol. The van der Waals surface area contributed by atoms with Gasteiger partial charge in [0.2, 0.25) is 0 Å². The summed E-state index contributed by atoms with van der Waals surface area (Å²) < 4.78 is 34.4. The monoisotopic (exact) mass is 559 g/mol. The molecule has 1 aliphatic carbocycles. The van der Waals surface area contributed by atoms with Crippen LogP contribution in [0.4, 0.5) is 18.6 Å². The Morgan fingerprint density at radius 3 is 2.63 bits per heavy atom. The van der Waals surface area contributed by atoms with Crippen molar-refractivity contribution in [2.24, 2.45) is 0 Å². The largest absolute Gasteiger partial charge is 0.456 e. The van der Waals surface area contributed by atoms with Crippen molar-refractivity contribution >= 4 is 39.7 Å². The van der Waals surface area contributed by atoms with Crippen molar-refractivity contribution < 1.29 is 23.1 Å². The zero-order chi connectivity index (χ0) is 27.0. The molecule has 6 nitrogen and oxygen atoms in total. The molecule has 3 heterocycles. The Bertz CT molecular complexity index is 1390. The number of urea groups is 1. The van der Waals surface area contributed by atoms with E-state index in [2.05, 4.69) is 16.0 Å². The lowest BCUT2D eigenvalue weighted by Crippen LogP contribution is -2.30. The van der Waals surface area contributed by atoms with Gasteiger partial charge in [-0.1, -0.05) is 12.1 Å². The molecule has 2 amide bonds. The fraction of sp³-hybridized carbons (Fsp3) is 0.429. The van der Waals surface area contributed by atoms with Gasteiger partial charge in [-0.25, -0.2) is 18.4 Å². The Hall–Kier alpha value is -2.82. The van der Waals surface area contributed by atoms with Crippen LogP contribution in [0.5, 0.6) is 0 Å². The number of fused-ring (bicyclic) bond motifs is 2. The second-order valence-corrected chi connectivity index (χ2v) is 12.8. The summed E-state index contributed by atoms with van der Waals surface area (Å²) in [6.07, 6.45) is 4.42. The quantitative estimate of drug-likeness (QED) is 0.310. The van der Waals surface area contributed by atoms with Crippen LogP contribution in [0, 0.1) is 11.6 Å². The van der Waals surface area contributed by atoms with Gasteiger partial charge in [-0.05, 0) is 82.2 Å². The van der Waals surface area contributed by atoms with Crippen molar-refractivity contribution in [2.45, 2.75) is 71.6 Å². The summed E-state index contributed by atoms with van der Waals surface area (Å²) >= 11 is 2.85. The normalized spacial score (nSPS) is 15.0. The summed E-state index contributed by atoms with van der Waals surface area (Å²) in [6, 6.07) is 3.69.